The molecule has 3 N–H and O–H groups in total. The van der Waals surface area contributed by atoms with Gasteiger partial charge >= 0.3 is 0 Å². The van der Waals surface area contributed by atoms with Gasteiger partial charge in [0.15, 0.2) is 5.69 Å². The van der Waals surface area contributed by atoms with Crippen molar-refractivity contribution in [3.05, 3.63) is 45.7 Å². The Kier molecular flexibility index (Phi) is 6.72. The predicted octanol–water partition coefficient (Wildman–Crippen LogP) is 2.81. The molecule has 1 aromatic carbocycles. The molecule has 25 heavy (non-hydrogen) atoms. The predicted molar refractivity (Wildman–Crippen MR) is 98.5 cm³/mol. The van der Waals surface area contributed by atoms with Crippen molar-refractivity contribution in [1.82, 2.24) is 15.5 Å². The van der Waals surface area contributed by atoms with Crippen LogP contribution in [0.2, 0.25) is 0 Å². The van der Waals surface area contributed by atoms with Crippen molar-refractivity contribution in [1.29, 1.82) is 0 Å². The van der Waals surface area contributed by atoms with Crippen LogP contribution in [-0.4, -0.2) is 35.7 Å². The summed E-state index contributed by atoms with van der Waals surface area (Å²) in [5.41, 5.74) is 2.72. The Labute approximate surface area is 154 Å². The van der Waals surface area contributed by atoms with Crippen molar-refractivity contribution < 1.29 is 14.3 Å². The molecule has 0 aliphatic rings. The van der Waals surface area contributed by atoms with E-state index in [0.717, 1.165) is 11.3 Å². The summed E-state index contributed by atoms with van der Waals surface area (Å²) in [5.74, 6) is -0.273. The van der Waals surface area contributed by atoms with E-state index >= 15 is 0 Å². The smallest absolute Gasteiger partial charge is 0.273 e. The molecular weight excluding hydrogens is 388 g/mol. The highest BCUT2D eigenvalue weighted by Crippen LogP contribution is 2.25. The molecule has 0 aliphatic heterocycles. The number of aromatic nitrogens is 2. The first kappa shape index (κ1) is 19.1. The summed E-state index contributed by atoms with van der Waals surface area (Å²) in [6.07, 6.45) is 0. The average Bonchev–Trinajstić information content (AvgIpc) is 2.95. The highest BCUT2D eigenvalue weighted by molar-refractivity contribution is 9.10. The van der Waals surface area contributed by atoms with Gasteiger partial charge < -0.3 is 15.4 Å². The fraction of sp³-hybridized carbons (Fsp3) is 0.353. The standard InChI is InChI=1S/C17H21BrN4O3/c1-10(2)15-14(18)16(22-21-15)17(24)19-8-11-5-4-6-12(7-11)20-13(23)9-25-3/h4-7,10H,8-9H2,1-3H3,(H,19,24)(H,20,23)(H,21,22). The second-order valence-electron chi connectivity index (χ2n) is 5.82. The minimum Gasteiger partial charge on any atom is -0.375 e. The van der Waals surface area contributed by atoms with Gasteiger partial charge in [0.1, 0.15) is 6.61 Å². The van der Waals surface area contributed by atoms with E-state index in [1.54, 1.807) is 12.1 Å². The van der Waals surface area contributed by atoms with E-state index in [1.165, 1.54) is 7.11 Å². The number of carbonyl (C=O) groups excluding carboxylic acids is 2. The van der Waals surface area contributed by atoms with E-state index in [0.29, 0.717) is 22.4 Å². The average molecular weight is 409 g/mol. The zero-order valence-electron chi connectivity index (χ0n) is 14.4. The van der Waals surface area contributed by atoms with Gasteiger partial charge in [0.25, 0.3) is 5.91 Å². The van der Waals surface area contributed by atoms with Gasteiger partial charge in [-0.15, -0.1) is 0 Å². The summed E-state index contributed by atoms with van der Waals surface area (Å²) in [7, 11) is 1.46. The molecular formula is C17H21BrN4O3. The van der Waals surface area contributed by atoms with Crippen LogP contribution in [-0.2, 0) is 16.1 Å². The summed E-state index contributed by atoms with van der Waals surface area (Å²) >= 11 is 3.42. The molecule has 0 saturated heterocycles. The lowest BCUT2D eigenvalue weighted by molar-refractivity contribution is -0.119. The molecule has 0 bridgehead atoms. The van der Waals surface area contributed by atoms with Gasteiger partial charge in [0.2, 0.25) is 5.91 Å². The third-order valence-corrected chi connectivity index (χ3v) is 4.27. The van der Waals surface area contributed by atoms with Gasteiger partial charge in [-0.2, -0.15) is 5.10 Å². The number of ether oxygens (including phenoxy) is 1. The maximum Gasteiger partial charge on any atom is 0.273 e. The van der Waals surface area contributed by atoms with Crippen molar-refractivity contribution >= 4 is 33.4 Å². The Morgan fingerprint density at radius 1 is 1.36 bits per heavy atom. The van der Waals surface area contributed by atoms with Crippen molar-refractivity contribution in [3.63, 3.8) is 0 Å². The number of halogens is 1. The monoisotopic (exact) mass is 408 g/mol. The first-order valence-corrected chi connectivity index (χ1v) is 8.61. The first-order valence-electron chi connectivity index (χ1n) is 7.82. The number of benzene rings is 1. The Morgan fingerprint density at radius 3 is 2.76 bits per heavy atom. The molecule has 2 rings (SSSR count). The lowest BCUT2D eigenvalue weighted by Gasteiger charge is -2.08. The lowest BCUT2D eigenvalue weighted by atomic mass is 10.1. The fourth-order valence-electron chi connectivity index (χ4n) is 2.23. The largest absolute Gasteiger partial charge is 0.375 e. The molecule has 134 valence electrons. The lowest BCUT2D eigenvalue weighted by Crippen LogP contribution is -2.23. The van der Waals surface area contributed by atoms with E-state index in [-0.39, 0.29) is 24.3 Å². The maximum absolute atomic E-state index is 12.3. The van der Waals surface area contributed by atoms with Crippen LogP contribution in [0.5, 0.6) is 0 Å². The molecule has 0 radical (unpaired) electrons. The molecule has 0 unspecified atom stereocenters. The zero-order valence-corrected chi connectivity index (χ0v) is 15.9. The topological polar surface area (TPSA) is 96.1 Å². The van der Waals surface area contributed by atoms with E-state index in [4.69, 9.17) is 4.74 Å². The number of aromatic amines is 1. The summed E-state index contributed by atoms with van der Waals surface area (Å²) < 4.78 is 5.46. The number of amides is 2. The number of hydrogen-bond acceptors (Lipinski definition) is 4. The van der Waals surface area contributed by atoms with Crippen LogP contribution in [0.15, 0.2) is 28.7 Å². The summed E-state index contributed by atoms with van der Waals surface area (Å²) in [6, 6.07) is 7.25. The van der Waals surface area contributed by atoms with Gasteiger partial charge in [-0.05, 0) is 39.5 Å². The minimum absolute atomic E-state index is 0.00761. The molecule has 0 aliphatic carbocycles. The molecule has 2 aromatic rings. The number of anilines is 1. The Hall–Kier alpha value is -2.19. The normalized spacial score (nSPS) is 10.8. The first-order chi connectivity index (χ1) is 11.9. The van der Waals surface area contributed by atoms with Crippen LogP contribution in [0.25, 0.3) is 0 Å². The number of carbonyl (C=O) groups is 2. The maximum atomic E-state index is 12.3. The van der Waals surface area contributed by atoms with E-state index in [1.807, 2.05) is 26.0 Å². The van der Waals surface area contributed by atoms with Gasteiger partial charge in [0, 0.05) is 19.3 Å². The highest BCUT2D eigenvalue weighted by atomic mass is 79.9. The second kappa shape index (κ2) is 8.77. The van der Waals surface area contributed by atoms with Crippen LogP contribution in [0, 0.1) is 0 Å². The molecule has 0 atom stereocenters. The number of nitrogens with zero attached hydrogens (tertiary/aromatic N) is 1. The molecule has 7 nitrogen and oxygen atoms in total. The quantitative estimate of drug-likeness (QED) is 0.655. The molecule has 0 fully saturated rings. The highest BCUT2D eigenvalue weighted by Gasteiger charge is 2.19. The molecule has 8 heteroatoms. The number of rotatable bonds is 7. The van der Waals surface area contributed by atoms with E-state index in [9.17, 15) is 9.59 Å². The van der Waals surface area contributed by atoms with Gasteiger partial charge in [0.05, 0.1) is 10.2 Å². The second-order valence-corrected chi connectivity index (χ2v) is 6.61. The summed E-state index contributed by atoms with van der Waals surface area (Å²) in [6.45, 7) is 4.35. The Balaban J connectivity index is 1.99. The van der Waals surface area contributed by atoms with Crippen molar-refractivity contribution in [2.75, 3.05) is 19.0 Å². The minimum atomic E-state index is -0.274. The van der Waals surface area contributed by atoms with Gasteiger partial charge in [-0.25, -0.2) is 0 Å². The fourth-order valence-corrected chi connectivity index (χ4v) is 3.04. The number of methoxy groups -OCH3 is 1. The van der Waals surface area contributed by atoms with Crippen molar-refractivity contribution in [2.24, 2.45) is 0 Å². The number of hydrogen-bond donors (Lipinski definition) is 3. The third kappa shape index (κ3) is 5.14. The van der Waals surface area contributed by atoms with Gasteiger partial charge in [-0.3, -0.25) is 14.7 Å². The zero-order chi connectivity index (χ0) is 18.4. The third-order valence-electron chi connectivity index (χ3n) is 3.46. The van der Waals surface area contributed by atoms with Crippen LogP contribution in [0.1, 0.15) is 41.5 Å². The van der Waals surface area contributed by atoms with Crippen LogP contribution in [0.3, 0.4) is 0 Å². The molecule has 1 heterocycles. The van der Waals surface area contributed by atoms with E-state index < -0.39 is 0 Å². The molecule has 1 aromatic heterocycles. The summed E-state index contributed by atoms with van der Waals surface area (Å²) in [5, 5.41) is 12.5. The van der Waals surface area contributed by atoms with Crippen molar-refractivity contribution in [2.45, 2.75) is 26.3 Å². The van der Waals surface area contributed by atoms with Crippen LogP contribution in [0.4, 0.5) is 5.69 Å². The Morgan fingerprint density at radius 2 is 2.12 bits per heavy atom. The van der Waals surface area contributed by atoms with Gasteiger partial charge in [-0.1, -0.05) is 26.0 Å². The number of H-pyrrole nitrogens is 1. The van der Waals surface area contributed by atoms with Crippen molar-refractivity contribution in [3.8, 4) is 0 Å². The molecule has 2 amide bonds. The van der Waals surface area contributed by atoms with E-state index in [2.05, 4.69) is 36.8 Å². The molecule has 0 saturated carbocycles. The molecule has 0 spiro atoms. The van der Waals surface area contributed by atoms with Crippen LogP contribution < -0.4 is 10.6 Å². The summed E-state index contributed by atoms with van der Waals surface area (Å²) in [4.78, 5) is 23.9. The number of nitrogens with one attached hydrogen (secondary N) is 3. The SMILES string of the molecule is COCC(=O)Nc1cccc(CNC(=O)c2n[nH]c(C(C)C)c2Br)c1. The van der Waals surface area contributed by atoms with Crippen LogP contribution >= 0.6 is 15.9 Å². The Bertz CT molecular complexity index is 758.